The Morgan fingerprint density at radius 3 is 2.50 bits per heavy atom. The predicted molar refractivity (Wildman–Crippen MR) is 57.4 cm³/mol. The van der Waals surface area contributed by atoms with Crippen molar-refractivity contribution in [2.75, 3.05) is 0 Å². The first-order chi connectivity index (χ1) is 5.68. The van der Waals surface area contributed by atoms with E-state index in [1.807, 2.05) is 6.92 Å². The fraction of sp³-hybridized carbons (Fsp3) is 0.200. The van der Waals surface area contributed by atoms with Crippen LogP contribution in [0.2, 0.25) is 0 Å². The Balaban J connectivity index is 2.53. The second-order valence-corrected chi connectivity index (χ2v) is 3.54. The van der Waals surface area contributed by atoms with Crippen LogP contribution in [0.3, 0.4) is 0 Å². The van der Waals surface area contributed by atoms with Crippen molar-refractivity contribution in [1.82, 2.24) is 5.32 Å². The van der Waals surface area contributed by atoms with E-state index >= 15 is 0 Å². The number of hydrogen-bond acceptors (Lipinski definition) is 1. The van der Waals surface area contributed by atoms with Gasteiger partial charge in [0.2, 0.25) is 0 Å². The van der Waals surface area contributed by atoms with Gasteiger partial charge < -0.3 is 5.32 Å². The molecule has 2 heteroatoms. The number of benzene rings is 1. The van der Waals surface area contributed by atoms with Gasteiger partial charge in [-0.2, -0.15) is 0 Å². The lowest BCUT2D eigenvalue weighted by Gasteiger charge is -2.04. The highest BCUT2D eigenvalue weighted by Crippen LogP contribution is 1.99. The van der Waals surface area contributed by atoms with Gasteiger partial charge in [0.05, 0.1) is 0 Å². The predicted octanol–water partition coefficient (Wildman–Crippen LogP) is 1.81. The van der Waals surface area contributed by atoms with Gasteiger partial charge in [0.15, 0.2) is 0 Å². The van der Waals surface area contributed by atoms with Crippen LogP contribution >= 0.6 is 9.24 Å². The molecule has 1 unspecified atom stereocenters. The van der Waals surface area contributed by atoms with Gasteiger partial charge in [-0.25, -0.2) is 0 Å². The maximum Gasteiger partial charge on any atom is 0.0397 e. The zero-order chi connectivity index (χ0) is 8.97. The highest BCUT2D eigenvalue weighted by Gasteiger charge is 1.90. The Bertz CT molecular complexity index is 264. The van der Waals surface area contributed by atoms with E-state index in [-0.39, 0.29) is 0 Å². The first kappa shape index (κ1) is 9.28. The van der Waals surface area contributed by atoms with Crippen LogP contribution in [0.15, 0.2) is 36.5 Å². The molecule has 0 aliphatic carbocycles. The molecule has 0 aliphatic heterocycles. The summed E-state index contributed by atoms with van der Waals surface area (Å²) in [5.74, 6) is 0. The third-order valence-electron chi connectivity index (χ3n) is 1.57. The maximum atomic E-state index is 3.77. The summed E-state index contributed by atoms with van der Waals surface area (Å²) >= 11 is 0. The summed E-state index contributed by atoms with van der Waals surface area (Å²) in [5, 5.41) is 4.40. The van der Waals surface area contributed by atoms with Gasteiger partial charge in [0.25, 0.3) is 0 Å². The number of nitrogens with one attached hydrogen (secondary N) is 1. The lowest BCUT2D eigenvalue weighted by Crippen LogP contribution is -2.09. The Hall–Kier alpha value is -0.810. The van der Waals surface area contributed by atoms with Crippen molar-refractivity contribution in [3.63, 3.8) is 0 Å². The van der Waals surface area contributed by atoms with Crippen molar-refractivity contribution in [3.8, 4) is 0 Å². The molecule has 12 heavy (non-hydrogen) atoms. The van der Waals surface area contributed by atoms with Gasteiger partial charge >= 0.3 is 0 Å². The van der Waals surface area contributed by atoms with Crippen LogP contribution in [0.4, 0.5) is 0 Å². The summed E-state index contributed by atoms with van der Waals surface area (Å²) in [6, 6.07) is 8.39. The molecule has 1 rings (SSSR count). The van der Waals surface area contributed by atoms with Crippen molar-refractivity contribution in [1.29, 1.82) is 0 Å². The lowest BCUT2D eigenvalue weighted by molar-refractivity contribution is 0.816. The first-order valence-electron chi connectivity index (χ1n) is 3.92. The second-order valence-electron chi connectivity index (χ2n) is 2.88. The molecule has 0 heterocycles. The molecule has 1 nitrogen and oxygen atoms in total. The van der Waals surface area contributed by atoms with Crippen molar-refractivity contribution in [3.05, 3.63) is 42.1 Å². The summed E-state index contributed by atoms with van der Waals surface area (Å²) in [6.45, 7) is 6.60. The average molecular weight is 179 g/mol. The van der Waals surface area contributed by atoms with Crippen LogP contribution in [-0.2, 0) is 6.54 Å². The lowest BCUT2D eigenvalue weighted by atomic mass is 10.2. The molecule has 0 amide bonds. The van der Waals surface area contributed by atoms with Crippen LogP contribution < -0.4 is 10.6 Å². The average Bonchev–Trinajstić information content (AvgIpc) is 2.03. The summed E-state index contributed by atoms with van der Waals surface area (Å²) in [5.41, 5.74) is 2.29. The molecule has 1 aromatic carbocycles. The minimum atomic E-state index is 0.861. The van der Waals surface area contributed by atoms with E-state index in [2.05, 4.69) is 45.4 Å². The molecule has 0 saturated heterocycles. The van der Waals surface area contributed by atoms with Crippen molar-refractivity contribution < 1.29 is 0 Å². The molecule has 1 N–H and O–H groups in total. The third kappa shape index (κ3) is 3.06. The number of hydrogen-bond donors (Lipinski definition) is 1. The number of rotatable bonds is 3. The quantitative estimate of drug-likeness (QED) is 0.698. The molecule has 1 atom stereocenters. The summed E-state index contributed by atoms with van der Waals surface area (Å²) in [4.78, 5) is 0. The SMILES string of the molecule is C=C(C)NCc1ccc(P)cc1. The second kappa shape index (κ2) is 4.27. The van der Waals surface area contributed by atoms with E-state index in [1.54, 1.807) is 0 Å². The van der Waals surface area contributed by atoms with Crippen molar-refractivity contribution in [2.24, 2.45) is 0 Å². The molecule has 0 bridgehead atoms. The van der Waals surface area contributed by atoms with Gasteiger partial charge in [-0.1, -0.05) is 30.8 Å². The fourth-order valence-corrected chi connectivity index (χ4v) is 1.08. The third-order valence-corrected chi connectivity index (χ3v) is 1.96. The van der Waals surface area contributed by atoms with Crippen LogP contribution in [0, 0.1) is 0 Å². The molecule has 0 spiro atoms. The molecule has 1 aromatic rings. The minimum Gasteiger partial charge on any atom is -0.385 e. The van der Waals surface area contributed by atoms with Gasteiger partial charge in [-0.15, -0.1) is 9.24 Å². The van der Waals surface area contributed by atoms with E-state index in [9.17, 15) is 0 Å². The topological polar surface area (TPSA) is 12.0 Å². The summed E-state index contributed by atoms with van der Waals surface area (Å²) in [7, 11) is 2.67. The Morgan fingerprint density at radius 2 is 2.00 bits per heavy atom. The largest absolute Gasteiger partial charge is 0.385 e. The molecular formula is C10H14NP. The van der Waals surface area contributed by atoms with Crippen LogP contribution in [-0.4, -0.2) is 0 Å². The molecule has 0 radical (unpaired) electrons. The Morgan fingerprint density at radius 1 is 1.42 bits per heavy atom. The van der Waals surface area contributed by atoms with Crippen LogP contribution in [0.5, 0.6) is 0 Å². The van der Waals surface area contributed by atoms with Crippen molar-refractivity contribution in [2.45, 2.75) is 13.5 Å². The molecule has 0 aromatic heterocycles. The molecular weight excluding hydrogens is 165 g/mol. The fourth-order valence-electron chi connectivity index (χ4n) is 0.888. The van der Waals surface area contributed by atoms with Gasteiger partial charge in [0.1, 0.15) is 0 Å². The van der Waals surface area contributed by atoms with E-state index in [1.165, 1.54) is 10.9 Å². The van der Waals surface area contributed by atoms with E-state index in [0.29, 0.717) is 0 Å². The smallest absolute Gasteiger partial charge is 0.0397 e. The molecule has 0 aliphatic rings. The summed E-state index contributed by atoms with van der Waals surface area (Å²) in [6.07, 6.45) is 0. The molecule has 0 saturated carbocycles. The zero-order valence-corrected chi connectivity index (χ0v) is 8.46. The highest BCUT2D eigenvalue weighted by molar-refractivity contribution is 7.27. The molecule has 0 fully saturated rings. The normalized spacial score (nSPS) is 9.50. The highest BCUT2D eigenvalue weighted by atomic mass is 31.0. The van der Waals surface area contributed by atoms with E-state index < -0.39 is 0 Å². The van der Waals surface area contributed by atoms with Crippen LogP contribution in [0.25, 0.3) is 0 Å². The minimum absolute atomic E-state index is 0.861. The Labute approximate surface area is 76.1 Å². The van der Waals surface area contributed by atoms with Gasteiger partial charge in [-0.05, 0) is 17.8 Å². The van der Waals surface area contributed by atoms with E-state index in [0.717, 1.165) is 12.2 Å². The van der Waals surface area contributed by atoms with Gasteiger partial charge in [-0.3, -0.25) is 0 Å². The Kier molecular flexibility index (Phi) is 3.31. The first-order valence-corrected chi connectivity index (χ1v) is 4.50. The maximum absolute atomic E-state index is 3.77. The van der Waals surface area contributed by atoms with Crippen molar-refractivity contribution >= 4 is 14.5 Å². The zero-order valence-electron chi connectivity index (χ0n) is 7.30. The summed E-state index contributed by atoms with van der Waals surface area (Å²) < 4.78 is 0. The van der Waals surface area contributed by atoms with E-state index in [4.69, 9.17) is 0 Å². The van der Waals surface area contributed by atoms with Crippen LogP contribution in [0.1, 0.15) is 12.5 Å². The standard InChI is InChI=1S/C10H14NP/c1-8(2)11-7-9-3-5-10(12)6-4-9/h3-6,11H,1,7,12H2,2H3. The van der Waals surface area contributed by atoms with Gasteiger partial charge in [0, 0.05) is 12.2 Å². The monoisotopic (exact) mass is 179 g/mol. The number of allylic oxidation sites excluding steroid dienone is 1. The molecule has 64 valence electrons.